The number of hydrogen-bond donors (Lipinski definition) is 2. The third kappa shape index (κ3) is 3.51. The van der Waals surface area contributed by atoms with E-state index in [1.54, 1.807) is 22.9 Å². The molecular formula is C18H24N4O3. The van der Waals surface area contributed by atoms with Crippen molar-refractivity contribution >= 4 is 17.7 Å². The molecule has 1 aliphatic heterocycles. The second-order valence-corrected chi connectivity index (χ2v) is 6.57. The summed E-state index contributed by atoms with van der Waals surface area (Å²) in [6, 6.07) is 6.72. The number of likely N-dealkylation sites (N-methyl/N-ethyl adjacent to an activating group) is 2. The van der Waals surface area contributed by atoms with Crippen molar-refractivity contribution in [2.45, 2.75) is 24.9 Å². The lowest BCUT2D eigenvalue weighted by atomic mass is 10.0. The Hall–Kier alpha value is -2.41. The van der Waals surface area contributed by atoms with Gasteiger partial charge in [0.2, 0.25) is 11.8 Å². The Labute approximate surface area is 147 Å². The van der Waals surface area contributed by atoms with Gasteiger partial charge in [-0.1, -0.05) is 18.2 Å². The van der Waals surface area contributed by atoms with E-state index in [4.69, 9.17) is 0 Å². The van der Waals surface area contributed by atoms with Crippen LogP contribution in [0.2, 0.25) is 0 Å². The zero-order chi connectivity index (χ0) is 18.0. The molecule has 0 bridgehead atoms. The number of nitrogens with zero attached hydrogens (tertiary/aromatic N) is 2. The summed E-state index contributed by atoms with van der Waals surface area (Å²) in [7, 11) is 3.53. The lowest BCUT2D eigenvalue weighted by Gasteiger charge is -2.25. The Kier molecular flexibility index (Phi) is 5.03. The average molecular weight is 344 g/mol. The highest BCUT2D eigenvalue weighted by Crippen LogP contribution is 2.41. The molecule has 1 heterocycles. The molecule has 2 aliphatic rings. The van der Waals surface area contributed by atoms with E-state index in [9.17, 15) is 14.4 Å². The van der Waals surface area contributed by atoms with Gasteiger partial charge in [-0.25, -0.2) is 0 Å². The molecular weight excluding hydrogens is 320 g/mol. The molecule has 1 fully saturated rings. The van der Waals surface area contributed by atoms with E-state index in [1.165, 1.54) is 0 Å². The quantitative estimate of drug-likeness (QED) is 0.737. The Balaban J connectivity index is 1.68. The van der Waals surface area contributed by atoms with Crippen molar-refractivity contribution in [3.8, 4) is 0 Å². The van der Waals surface area contributed by atoms with Gasteiger partial charge in [0.05, 0.1) is 6.54 Å². The third-order valence-corrected chi connectivity index (χ3v) is 4.72. The minimum atomic E-state index is -0.633. The van der Waals surface area contributed by atoms with Gasteiger partial charge in [-0.15, -0.1) is 0 Å². The highest BCUT2D eigenvalue weighted by atomic mass is 16.2. The van der Waals surface area contributed by atoms with Crippen LogP contribution in [0.4, 0.5) is 0 Å². The molecule has 0 saturated heterocycles. The second-order valence-electron chi connectivity index (χ2n) is 6.57. The second kappa shape index (κ2) is 7.23. The van der Waals surface area contributed by atoms with Gasteiger partial charge in [-0.05, 0) is 31.5 Å². The summed E-state index contributed by atoms with van der Waals surface area (Å²) in [6.45, 7) is 1.20. The van der Waals surface area contributed by atoms with E-state index in [-0.39, 0.29) is 30.3 Å². The number of fused-ring (bicyclic) bond motifs is 1. The minimum absolute atomic E-state index is 0.0651. The predicted octanol–water partition coefficient (Wildman–Crippen LogP) is 0.140. The third-order valence-electron chi connectivity index (χ3n) is 4.72. The molecule has 3 amide bonds. The van der Waals surface area contributed by atoms with Gasteiger partial charge in [0.25, 0.3) is 5.91 Å². The maximum Gasteiger partial charge on any atom is 0.255 e. The predicted molar refractivity (Wildman–Crippen MR) is 92.9 cm³/mol. The van der Waals surface area contributed by atoms with Crippen molar-refractivity contribution in [3.63, 3.8) is 0 Å². The lowest BCUT2D eigenvalue weighted by molar-refractivity contribution is -0.133. The molecule has 7 heteroatoms. The summed E-state index contributed by atoms with van der Waals surface area (Å²) in [4.78, 5) is 40.7. The maximum absolute atomic E-state index is 12.7. The van der Waals surface area contributed by atoms with Crippen molar-refractivity contribution in [3.05, 3.63) is 35.4 Å². The van der Waals surface area contributed by atoms with Crippen LogP contribution >= 0.6 is 0 Å². The number of carbonyl (C=O) groups excluding carboxylic acids is 3. The SMILES string of the molecule is CNCCN(C)C(=O)CNC(=O)C1c2ccccc2C(=O)N1C1CC1. The fourth-order valence-electron chi connectivity index (χ4n) is 3.13. The molecule has 1 aromatic carbocycles. The van der Waals surface area contributed by atoms with Gasteiger partial charge < -0.3 is 20.4 Å². The summed E-state index contributed by atoms with van der Waals surface area (Å²) < 4.78 is 0. The highest BCUT2D eigenvalue weighted by molar-refractivity contribution is 6.05. The molecule has 1 atom stereocenters. The van der Waals surface area contributed by atoms with Crippen LogP contribution in [0.25, 0.3) is 0 Å². The van der Waals surface area contributed by atoms with Gasteiger partial charge in [-0.2, -0.15) is 0 Å². The van der Waals surface area contributed by atoms with Crippen LogP contribution in [0.15, 0.2) is 24.3 Å². The first kappa shape index (κ1) is 17.4. The van der Waals surface area contributed by atoms with Crippen molar-refractivity contribution < 1.29 is 14.4 Å². The minimum Gasteiger partial charge on any atom is -0.345 e. The summed E-state index contributed by atoms with van der Waals surface area (Å²) in [6.07, 6.45) is 1.85. The summed E-state index contributed by atoms with van der Waals surface area (Å²) in [5, 5.41) is 5.69. The number of amides is 3. The van der Waals surface area contributed by atoms with Crippen molar-refractivity contribution in [2.24, 2.45) is 0 Å². The molecule has 25 heavy (non-hydrogen) atoms. The molecule has 1 saturated carbocycles. The van der Waals surface area contributed by atoms with E-state index in [0.717, 1.165) is 18.4 Å². The van der Waals surface area contributed by atoms with Crippen LogP contribution in [0, 0.1) is 0 Å². The summed E-state index contributed by atoms with van der Waals surface area (Å²) in [5.41, 5.74) is 1.32. The highest BCUT2D eigenvalue weighted by Gasteiger charge is 2.47. The zero-order valence-corrected chi connectivity index (χ0v) is 14.6. The van der Waals surface area contributed by atoms with Crippen LogP contribution in [0.3, 0.4) is 0 Å². The van der Waals surface area contributed by atoms with Crippen molar-refractivity contribution in [2.75, 3.05) is 33.7 Å². The van der Waals surface area contributed by atoms with Crippen LogP contribution in [-0.4, -0.2) is 67.3 Å². The smallest absolute Gasteiger partial charge is 0.255 e. The van der Waals surface area contributed by atoms with E-state index < -0.39 is 6.04 Å². The molecule has 3 rings (SSSR count). The van der Waals surface area contributed by atoms with Gasteiger partial charge >= 0.3 is 0 Å². The van der Waals surface area contributed by atoms with Gasteiger partial charge in [0, 0.05) is 31.7 Å². The fraction of sp³-hybridized carbons (Fsp3) is 0.500. The van der Waals surface area contributed by atoms with Crippen LogP contribution in [-0.2, 0) is 9.59 Å². The normalized spacial score (nSPS) is 18.9. The van der Waals surface area contributed by atoms with E-state index in [1.807, 2.05) is 25.2 Å². The van der Waals surface area contributed by atoms with Gasteiger partial charge in [-0.3, -0.25) is 14.4 Å². The van der Waals surface area contributed by atoms with Gasteiger partial charge in [0.15, 0.2) is 0 Å². The Morgan fingerprint density at radius 2 is 2.00 bits per heavy atom. The standard InChI is InChI=1S/C18H24N4O3/c1-19-9-10-21(2)15(23)11-20-17(24)16-13-5-3-4-6-14(13)18(25)22(16)12-7-8-12/h3-6,12,16,19H,7-11H2,1-2H3,(H,20,24). The van der Waals surface area contributed by atoms with Gasteiger partial charge in [0.1, 0.15) is 6.04 Å². The number of carbonyl (C=O) groups is 3. The zero-order valence-electron chi connectivity index (χ0n) is 14.6. The molecule has 1 unspecified atom stereocenters. The molecule has 0 spiro atoms. The summed E-state index contributed by atoms with van der Waals surface area (Å²) in [5.74, 6) is -0.532. The number of hydrogen-bond acceptors (Lipinski definition) is 4. The van der Waals surface area contributed by atoms with E-state index in [0.29, 0.717) is 18.7 Å². The molecule has 134 valence electrons. The Bertz CT molecular complexity index is 687. The fourth-order valence-corrected chi connectivity index (χ4v) is 3.13. The molecule has 0 aromatic heterocycles. The molecule has 1 aliphatic carbocycles. The molecule has 7 nitrogen and oxygen atoms in total. The molecule has 2 N–H and O–H groups in total. The number of rotatable bonds is 7. The first-order valence-corrected chi connectivity index (χ1v) is 8.62. The van der Waals surface area contributed by atoms with Crippen molar-refractivity contribution in [1.29, 1.82) is 0 Å². The average Bonchev–Trinajstić information content (AvgIpc) is 3.41. The van der Waals surface area contributed by atoms with E-state index in [2.05, 4.69) is 10.6 Å². The topological polar surface area (TPSA) is 81.8 Å². The molecule has 0 radical (unpaired) electrons. The Morgan fingerprint density at radius 3 is 2.68 bits per heavy atom. The number of nitrogens with one attached hydrogen (secondary N) is 2. The van der Waals surface area contributed by atoms with Crippen LogP contribution in [0.1, 0.15) is 34.8 Å². The monoisotopic (exact) mass is 344 g/mol. The summed E-state index contributed by atoms with van der Waals surface area (Å²) >= 11 is 0. The van der Waals surface area contributed by atoms with Crippen molar-refractivity contribution in [1.82, 2.24) is 20.4 Å². The first-order valence-electron chi connectivity index (χ1n) is 8.62. The largest absolute Gasteiger partial charge is 0.345 e. The molecule has 1 aromatic rings. The van der Waals surface area contributed by atoms with Crippen LogP contribution < -0.4 is 10.6 Å². The first-order chi connectivity index (χ1) is 12.0. The number of benzene rings is 1. The maximum atomic E-state index is 12.7. The lowest BCUT2D eigenvalue weighted by Crippen LogP contribution is -2.45. The Morgan fingerprint density at radius 1 is 1.28 bits per heavy atom. The van der Waals surface area contributed by atoms with Crippen LogP contribution in [0.5, 0.6) is 0 Å². The van der Waals surface area contributed by atoms with E-state index >= 15 is 0 Å².